The van der Waals surface area contributed by atoms with Crippen molar-refractivity contribution in [3.05, 3.63) is 182 Å². The van der Waals surface area contributed by atoms with Crippen LogP contribution in [0.4, 0.5) is 0 Å². The van der Waals surface area contributed by atoms with Gasteiger partial charge in [-0.3, -0.25) is 0 Å². The molecule has 2 nitrogen and oxygen atoms in total. The van der Waals surface area contributed by atoms with Crippen molar-refractivity contribution in [2.24, 2.45) is 0 Å². The second-order valence-corrected chi connectivity index (χ2v) is 21.4. The van der Waals surface area contributed by atoms with Gasteiger partial charge in [0, 0.05) is 0 Å². The van der Waals surface area contributed by atoms with E-state index in [-0.39, 0.29) is 15.0 Å². The van der Waals surface area contributed by atoms with Crippen molar-refractivity contribution in [2.75, 3.05) is 0 Å². The Balaban J connectivity index is 1.31. The van der Waals surface area contributed by atoms with Crippen LogP contribution in [-0.4, -0.2) is 22.9 Å². The molecule has 283 valence electrons. The number of benzene rings is 4. The first-order chi connectivity index (χ1) is 28.0. The van der Waals surface area contributed by atoms with Gasteiger partial charge in [-0.1, -0.05) is 0 Å². The first-order valence-electron chi connectivity index (χ1n) is 19.3. The topological polar surface area (TPSA) is 25.8 Å². The van der Waals surface area contributed by atoms with E-state index in [1.807, 2.05) is 40.6 Å². The van der Waals surface area contributed by atoms with Crippen LogP contribution in [-0.2, 0) is 17.9 Å². The molecule has 4 aromatic carbocycles. The quantitative estimate of drug-likeness (QED) is 0.0775. The molecule has 0 atom stereocenters. The molecule has 0 N–H and O–H groups in total. The van der Waals surface area contributed by atoms with Crippen LogP contribution in [0.5, 0.6) is 0 Å². The number of fused-ring (bicyclic) bond motifs is 1. The second-order valence-electron chi connectivity index (χ2n) is 14.1. The van der Waals surface area contributed by atoms with Crippen molar-refractivity contribution in [3.63, 3.8) is 0 Å². The summed E-state index contributed by atoms with van der Waals surface area (Å²) in [5.41, 5.74) is 11.3. The molecule has 7 aromatic rings. The molecule has 1 aliphatic carbocycles. The van der Waals surface area contributed by atoms with Crippen molar-refractivity contribution in [3.8, 4) is 25.3 Å². The van der Waals surface area contributed by atoms with Gasteiger partial charge in [-0.15, -0.1) is 0 Å². The van der Waals surface area contributed by atoms with Gasteiger partial charge >= 0.3 is 365 Å². The maximum absolute atomic E-state index is 5.06. The summed E-state index contributed by atoms with van der Waals surface area (Å²) in [5, 5.41) is 5.25. The zero-order valence-electron chi connectivity index (χ0n) is 32.5. The number of aromatic nitrogens is 2. The maximum atomic E-state index is 5.06. The fourth-order valence-corrected chi connectivity index (χ4v) is 17.2. The Labute approximate surface area is 361 Å². The van der Waals surface area contributed by atoms with Crippen LogP contribution in [0, 0.1) is 18.2 Å². The molecular formula is C50H43N2OsPS2Se+. The number of hydrogen-bond acceptors (Lipinski definition) is 4. The Morgan fingerprint density at radius 3 is 1.63 bits per heavy atom. The van der Waals surface area contributed by atoms with Crippen molar-refractivity contribution in [1.29, 1.82) is 0 Å². The predicted octanol–water partition coefficient (Wildman–Crippen LogP) is 12.6. The Kier molecular flexibility index (Phi) is 12.4. The first kappa shape index (κ1) is 39.8. The summed E-state index contributed by atoms with van der Waals surface area (Å²) in [7, 11) is -2.38. The molecule has 57 heavy (non-hydrogen) atoms. The minimum absolute atomic E-state index is 0.148. The average molecular weight is 1040 g/mol. The van der Waals surface area contributed by atoms with Gasteiger partial charge in [-0.25, -0.2) is 0 Å². The van der Waals surface area contributed by atoms with Crippen LogP contribution in [0.25, 0.3) is 44.1 Å². The zero-order chi connectivity index (χ0) is 39.4. The third kappa shape index (κ3) is 7.67. The Hall–Kier alpha value is -4.05. The summed E-state index contributed by atoms with van der Waals surface area (Å²) in [4.78, 5) is 4.97. The first-order valence-corrected chi connectivity index (χ1v) is 25.5. The summed E-state index contributed by atoms with van der Waals surface area (Å²) in [6.45, 7) is 8.78. The number of allylic oxidation sites excluding steroid dienone is 8. The Bertz CT molecular complexity index is 2660. The van der Waals surface area contributed by atoms with E-state index in [4.69, 9.17) is 7.96 Å². The fraction of sp³-hybridized carbons (Fsp3) is 0.140. The van der Waals surface area contributed by atoms with Gasteiger partial charge in [0.1, 0.15) is 0 Å². The van der Waals surface area contributed by atoms with Gasteiger partial charge in [-0.2, -0.15) is 0 Å². The van der Waals surface area contributed by atoms with Gasteiger partial charge in [0.25, 0.3) is 0 Å². The fourth-order valence-electron chi connectivity index (χ4n) is 8.10. The number of hydrogen-bond donors (Lipinski definition) is 0. The van der Waals surface area contributed by atoms with E-state index in [1.54, 1.807) is 0 Å². The van der Waals surface area contributed by atoms with Gasteiger partial charge in [-0.05, 0) is 0 Å². The summed E-state index contributed by atoms with van der Waals surface area (Å²) in [6.07, 6.45) is 17.2. The molecule has 0 unspecified atom stereocenters. The Morgan fingerprint density at radius 2 is 1.16 bits per heavy atom. The molecule has 0 aliphatic heterocycles. The third-order valence-electron chi connectivity index (χ3n) is 10.9. The molecule has 0 radical (unpaired) electrons. The summed E-state index contributed by atoms with van der Waals surface area (Å²) in [6, 6.07) is 42.5. The van der Waals surface area contributed by atoms with Crippen LogP contribution < -0.4 is 15.9 Å². The molecular weight excluding hydrogens is 993 g/mol. The van der Waals surface area contributed by atoms with Gasteiger partial charge < -0.3 is 0 Å². The molecule has 8 rings (SSSR count). The van der Waals surface area contributed by atoms with Crippen LogP contribution in [0.1, 0.15) is 54.0 Å². The van der Waals surface area contributed by atoms with Crippen LogP contribution >= 0.6 is 29.9 Å². The molecule has 1 aliphatic rings. The Morgan fingerprint density at radius 1 is 0.667 bits per heavy atom. The molecule has 0 saturated heterocycles. The van der Waals surface area contributed by atoms with Gasteiger partial charge in [0.15, 0.2) is 0 Å². The van der Waals surface area contributed by atoms with Gasteiger partial charge in [0.05, 0.1) is 0 Å². The molecule has 0 spiro atoms. The molecule has 0 bridgehead atoms. The number of thiophene rings is 2. The molecule has 3 aromatic heterocycles. The molecule has 7 heteroatoms. The van der Waals surface area contributed by atoms with Crippen molar-refractivity contribution < 1.29 is 17.9 Å². The minimum atomic E-state index is -2.38. The second kappa shape index (κ2) is 17.8. The van der Waals surface area contributed by atoms with E-state index in [0.717, 1.165) is 23.9 Å². The van der Waals surface area contributed by atoms with Crippen LogP contribution in [0.15, 0.2) is 162 Å². The number of rotatable bonds is 10. The summed E-state index contributed by atoms with van der Waals surface area (Å²) >= 11 is 5.37. The number of nitrogens with zero attached hydrogens (tertiary/aromatic N) is 2. The van der Waals surface area contributed by atoms with E-state index in [1.165, 1.54) is 86.1 Å². The van der Waals surface area contributed by atoms with Crippen LogP contribution in [0.3, 0.4) is 0 Å². The molecule has 3 heterocycles. The van der Waals surface area contributed by atoms with Crippen molar-refractivity contribution >= 4 is 84.0 Å². The average Bonchev–Trinajstić information content (AvgIpc) is 4.10. The SMILES string of the molecule is CC=C1CCCC1=CC(/C=C/c1ccc(-c2c(C)c(C)c(-c3ccc(/C=C/C)s3)c3n[se]nc23)s1)=C([C]#[Os])[P+](c1ccccc1)(c1ccccc1)c1ccccc1. The standard InChI is InChI=1S/C50H43N2PS2Se.Os/c1-6-18-43-29-31-45(54-43)47-34(3)35(4)48(50-49(47)51-56-52-50)46-32-30-44(55-46)28-27-38(33-39-20-17-19-37(39)7-2)36(5)53(40-21-11-8-12-22-40,41-23-13-9-14-24-41)42-25-15-10-16-26-42;/h6-16,18,21-33H,17,19-20H2,1-4H3;/q+1;/b18-6+,28-27+,37-7?,38-36?,39-33?;. The van der Waals surface area contributed by atoms with Crippen molar-refractivity contribution in [2.45, 2.75) is 47.0 Å². The molecule has 0 amide bonds. The third-order valence-corrected chi connectivity index (χ3v) is 19.5. The summed E-state index contributed by atoms with van der Waals surface area (Å²) < 4.78 is 14.0. The van der Waals surface area contributed by atoms with E-state index in [0.29, 0.717) is 0 Å². The normalized spacial score (nSPS) is 15.4. The molecule has 1 saturated carbocycles. The van der Waals surface area contributed by atoms with Crippen molar-refractivity contribution in [1.82, 2.24) is 7.96 Å². The monoisotopic (exact) mass is 1040 g/mol. The van der Waals surface area contributed by atoms with E-state index < -0.39 is 7.26 Å². The van der Waals surface area contributed by atoms with E-state index in [2.05, 4.69) is 184 Å². The van der Waals surface area contributed by atoms with Crippen LogP contribution in [0.2, 0.25) is 0 Å². The predicted molar refractivity (Wildman–Crippen MR) is 248 cm³/mol. The summed E-state index contributed by atoms with van der Waals surface area (Å²) in [5.74, 6) is 0. The van der Waals surface area contributed by atoms with Gasteiger partial charge in [0.2, 0.25) is 0 Å². The zero-order valence-corrected chi connectivity index (χ0v) is 39.3. The van der Waals surface area contributed by atoms with E-state index >= 15 is 0 Å². The molecule has 1 fully saturated rings. The van der Waals surface area contributed by atoms with E-state index in [9.17, 15) is 0 Å².